The summed E-state index contributed by atoms with van der Waals surface area (Å²) in [7, 11) is 0. The average Bonchev–Trinajstić information content (AvgIpc) is 2.55. The summed E-state index contributed by atoms with van der Waals surface area (Å²) in [4.78, 5) is 16.0. The van der Waals surface area contributed by atoms with E-state index in [0.29, 0.717) is 6.04 Å². The number of rotatable bonds is 1. The van der Waals surface area contributed by atoms with Crippen LogP contribution in [-0.4, -0.2) is 16.5 Å². The molecule has 4 nitrogen and oxygen atoms in total. The molecule has 60 valence electrons. The molecule has 1 aliphatic rings. The molecule has 1 unspecified atom stereocenters. The Labute approximate surface area is 64.0 Å². The first-order valence-corrected chi connectivity index (χ1v) is 3.87. The maximum atomic E-state index is 10.7. The predicted molar refractivity (Wildman–Crippen MR) is 41.4 cm³/mol. The molecular weight excluding hydrogens is 142 g/mol. The molecule has 2 heterocycles. The summed E-state index contributed by atoms with van der Waals surface area (Å²) < 4.78 is 0. The second-order valence-electron chi connectivity index (χ2n) is 2.85. The van der Waals surface area contributed by atoms with E-state index in [2.05, 4.69) is 15.3 Å². The maximum absolute atomic E-state index is 10.7. The molecule has 0 amide bonds. The van der Waals surface area contributed by atoms with E-state index in [9.17, 15) is 4.79 Å². The fraction of sp³-hybridized carbons (Fsp3) is 0.571. The third-order valence-corrected chi connectivity index (χ3v) is 2.05. The van der Waals surface area contributed by atoms with E-state index in [4.69, 9.17) is 0 Å². The minimum Gasteiger partial charge on any atom is -0.313 e. The molecule has 0 bridgehead atoms. The van der Waals surface area contributed by atoms with Crippen molar-refractivity contribution in [1.82, 2.24) is 15.3 Å². The van der Waals surface area contributed by atoms with Crippen molar-refractivity contribution >= 4 is 0 Å². The minimum atomic E-state index is -0.117. The SMILES string of the molecule is O=c1[nH]cc(C2CCCN2)[nH]1. The Hall–Kier alpha value is -1.03. The van der Waals surface area contributed by atoms with E-state index < -0.39 is 0 Å². The van der Waals surface area contributed by atoms with E-state index in [-0.39, 0.29) is 5.69 Å². The lowest BCUT2D eigenvalue weighted by molar-refractivity contribution is 0.630. The van der Waals surface area contributed by atoms with Gasteiger partial charge in [0.05, 0.1) is 5.69 Å². The van der Waals surface area contributed by atoms with Gasteiger partial charge < -0.3 is 15.3 Å². The summed E-state index contributed by atoms with van der Waals surface area (Å²) in [6, 6.07) is 0.356. The van der Waals surface area contributed by atoms with Gasteiger partial charge in [-0.25, -0.2) is 4.79 Å². The van der Waals surface area contributed by atoms with E-state index >= 15 is 0 Å². The molecule has 0 aromatic carbocycles. The predicted octanol–water partition coefficient (Wildman–Crippen LogP) is 0.127. The fourth-order valence-corrected chi connectivity index (χ4v) is 1.48. The van der Waals surface area contributed by atoms with Gasteiger partial charge in [-0.1, -0.05) is 0 Å². The van der Waals surface area contributed by atoms with Gasteiger partial charge in [0.1, 0.15) is 0 Å². The van der Waals surface area contributed by atoms with E-state index in [1.54, 1.807) is 6.20 Å². The molecule has 2 rings (SSSR count). The van der Waals surface area contributed by atoms with Crippen molar-refractivity contribution in [1.29, 1.82) is 0 Å². The van der Waals surface area contributed by atoms with Crippen molar-refractivity contribution in [2.45, 2.75) is 18.9 Å². The van der Waals surface area contributed by atoms with Crippen molar-refractivity contribution in [2.24, 2.45) is 0 Å². The second kappa shape index (κ2) is 2.54. The smallest absolute Gasteiger partial charge is 0.313 e. The normalized spacial score (nSPS) is 24.2. The highest BCUT2D eigenvalue weighted by molar-refractivity contribution is 5.03. The molecule has 0 saturated carbocycles. The lowest BCUT2D eigenvalue weighted by Crippen LogP contribution is -2.14. The molecule has 3 N–H and O–H groups in total. The number of aromatic nitrogens is 2. The molecule has 0 radical (unpaired) electrons. The molecule has 1 aliphatic heterocycles. The van der Waals surface area contributed by atoms with Gasteiger partial charge in [0.25, 0.3) is 0 Å². The molecule has 0 aliphatic carbocycles. The highest BCUT2D eigenvalue weighted by Crippen LogP contribution is 2.19. The third-order valence-electron chi connectivity index (χ3n) is 2.05. The Morgan fingerprint density at radius 3 is 3.00 bits per heavy atom. The minimum absolute atomic E-state index is 0.117. The first-order valence-electron chi connectivity index (χ1n) is 3.87. The van der Waals surface area contributed by atoms with Crippen LogP contribution >= 0.6 is 0 Å². The standard InChI is InChI=1S/C7H11N3O/c11-7-9-4-6(10-7)5-2-1-3-8-5/h4-5,8H,1-3H2,(H2,9,10,11). The number of H-pyrrole nitrogens is 2. The van der Waals surface area contributed by atoms with Gasteiger partial charge in [-0.15, -0.1) is 0 Å². The van der Waals surface area contributed by atoms with Gasteiger partial charge in [-0.2, -0.15) is 0 Å². The van der Waals surface area contributed by atoms with Crippen LogP contribution < -0.4 is 11.0 Å². The van der Waals surface area contributed by atoms with Crippen molar-refractivity contribution in [3.63, 3.8) is 0 Å². The fourth-order valence-electron chi connectivity index (χ4n) is 1.48. The van der Waals surface area contributed by atoms with Crippen LogP contribution in [0.15, 0.2) is 11.0 Å². The van der Waals surface area contributed by atoms with Crippen LogP contribution in [0.4, 0.5) is 0 Å². The lowest BCUT2D eigenvalue weighted by Gasteiger charge is -2.04. The van der Waals surface area contributed by atoms with Crippen LogP contribution in [0.1, 0.15) is 24.6 Å². The summed E-state index contributed by atoms with van der Waals surface area (Å²) >= 11 is 0. The summed E-state index contributed by atoms with van der Waals surface area (Å²) in [6.07, 6.45) is 4.05. The summed E-state index contributed by atoms with van der Waals surface area (Å²) in [5.41, 5.74) is 0.862. The largest absolute Gasteiger partial charge is 0.323 e. The van der Waals surface area contributed by atoms with Gasteiger partial charge in [0.15, 0.2) is 0 Å². The van der Waals surface area contributed by atoms with Gasteiger partial charge in [0.2, 0.25) is 0 Å². The number of imidazole rings is 1. The number of nitrogens with one attached hydrogen (secondary N) is 3. The lowest BCUT2D eigenvalue weighted by atomic mass is 10.2. The maximum Gasteiger partial charge on any atom is 0.323 e. The van der Waals surface area contributed by atoms with Crippen LogP contribution in [-0.2, 0) is 0 Å². The van der Waals surface area contributed by atoms with Crippen LogP contribution in [0, 0.1) is 0 Å². The number of hydrogen-bond acceptors (Lipinski definition) is 2. The zero-order chi connectivity index (χ0) is 7.68. The summed E-state index contributed by atoms with van der Waals surface area (Å²) in [5, 5.41) is 3.30. The average molecular weight is 153 g/mol. The van der Waals surface area contributed by atoms with Crippen LogP contribution in [0.5, 0.6) is 0 Å². The Kier molecular flexibility index (Phi) is 1.54. The molecular formula is C7H11N3O. The zero-order valence-corrected chi connectivity index (χ0v) is 6.18. The molecule has 1 atom stereocenters. The van der Waals surface area contributed by atoms with Gasteiger partial charge >= 0.3 is 5.69 Å². The zero-order valence-electron chi connectivity index (χ0n) is 6.18. The quantitative estimate of drug-likeness (QED) is 0.537. The highest BCUT2D eigenvalue weighted by atomic mass is 16.1. The molecule has 1 fully saturated rings. The van der Waals surface area contributed by atoms with Crippen molar-refractivity contribution in [2.75, 3.05) is 6.54 Å². The molecule has 1 aromatic rings. The van der Waals surface area contributed by atoms with E-state index in [0.717, 1.165) is 18.7 Å². The first-order chi connectivity index (χ1) is 5.36. The summed E-state index contributed by atoms with van der Waals surface area (Å²) in [6.45, 7) is 1.05. The Morgan fingerprint density at radius 1 is 1.55 bits per heavy atom. The van der Waals surface area contributed by atoms with Gasteiger partial charge in [0, 0.05) is 12.2 Å². The van der Waals surface area contributed by atoms with Crippen molar-refractivity contribution in [3.8, 4) is 0 Å². The van der Waals surface area contributed by atoms with Crippen molar-refractivity contribution < 1.29 is 0 Å². The molecule has 0 spiro atoms. The molecule has 4 heteroatoms. The molecule has 1 saturated heterocycles. The Balaban J connectivity index is 2.21. The van der Waals surface area contributed by atoms with Crippen molar-refractivity contribution in [3.05, 3.63) is 22.4 Å². The van der Waals surface area contributed by atoms with E-state index in [1.165, 1.54) is 6.42 Å². The summed E-state index contributed by atoms with van der Waals surface area (Å²) in [5.74, 6) is 0. The molecule has 11 heavy (non-hydrogen) atoms. The molecule has 1 aromatic heterocycles. The topological polar surface area (TPSA) is 60.7 Å². The van der Waals surface area contributed by atoms with Gasteiger partial charge in [-0.3, -0.25) is 0 Å². The highest BCUT2D eigenvalue weighted by Gasteiger charge is 2.16. The Bertz CT molecular complexity index is 282. The third kappa shape index (κ3) is 1.21. The van der Waals surface area contributed by atoms with Crippen LogP contribution in [0.25, 0.3) is 0 Å². The van der Waals surface area contributed by atoms with Crippen LogP contribution in [0.3, 0.4) is 0 Å². The van der Waals surface area contributed by atoms with Gasteiger partial charge in [-0.05, 0) is 19.4 Å². The number of hydrogen-bond donors (Lipinski definition) is 3. The second-order valence-corrected chi connectivity index (χ2v) is 2.85. The first kappa shape index (κ1) is 6.67. The monoisotopic (exact) mass is 153 g/mol. The van der Waals surface area contributed by atoms with Crippen LogP contribution in [0.2, 0.25) is 0 Å². The number of aromatic amines is 2. The Morgan fingerprint density at radius 2 is 2.45 bits per heavy atom. The van der Waals surface area contributed by atoms with E-state index in [1.807, 2.05) is 0 Å².